The number of hydrogen-bond acceptors (Lipinski definition) is 4. The Labute approximate surface area is 140 Å². The molecule has 1 amide bonds. The van der Waals surface area contributed by atoms with Crippen LogP contribution in [0.4, 0.5) is 13.2 Å². The quantitative estimate of drug-likeness (QED) is 0.783. The number of halogens is 3. The predicted octanol–water partition coefficient (Wildman–Crippen LogP) is 3.61. The fourth-order valence-corrected chi connectivity index (χ4v) is 2.23. The van der Waals surface area contributed by atoms with E-state index in [1.54, 1.807) is 36.4 Å². The Balaban J connectivity index is 1.84. The van der Waals surface area contributed by atoms with Gasteiger partial charge in [0.05, 0.1) is 11.8 Å². The lowest BCUT2D eigenvalue weighted by atomic mass is 10.0. The van der Waals surface area contributed by atoms with Crippen LogP contribution in [0.1, 0.15) is 33.5 Å². The summed E-state index contributed by atoms with van der Waals surface area (Å²) in [7, 11) is 0. The van der Waals surface area contributed by atoms with Crippen molar-refractivity contribution in [2.45, 2.75) is 12.2 Å². The Hall–Kier alpha value is -3.16. The molecule has 5 nitrogen and oxygen atoms in total. The summed E-state index contributed by atoms with van der Waals surface area (Å²) < 4.78 is 42.9. The molecular formula is C17H12F3N3O2. The Morgan fingerprint density at radius 1 is 1.04 bits per heavy atom. The highest BCUT2D eigenvalue weighted by Gasteiger charge is 2.34. The average molecular weight is 347 g/mol. The van der Waals surface area contributed by atoms with Gasteiger partial charge in [0.1, 0.15) is 11.8 Å². The van der Waals surface area contributed by atoms with Crippen molar-refractivity contribution in [3.63, 3.8) is 0 Å². The zero-order valence-corrected chi connectivity index (χ0v) is 12.7. The summed E-state index contributed by atoms with van der Waals surface area (Å²) in [5.74, 6) is -1.42. The Morgan fingerprint density at radius 3 is 2.28 bits per heavy atom. The molecule has 0 fully saturated rings. The van der Waals surface area contributed by atoms with Gasteiger partial charge in [-0.15, -0.1) is 0 Å². The van der Waals surface area contributed by atoms with Crippen molar-refractivity contribution in [1.29, 1.82) is 0 Å². The van der Waals surface area contributed by atoms with Crippen LogP contribution in [-0.4, -0.2) is 15.9 Å². The van der Waals surface area contributed by atoms with Gasteiger partial charge in [-0.3, -0.25) is 4.79 Å². The maximum Gasteiger partial charge on any atom is 0.451 e. The second-order valence-corrected chi connectivity index (χ2v) is 5.13. The van der Waals surface area contributed by atoms with Gasteiger partial charge >= 0.3 is 6.18 Å². The zero-order valence-electron chi connectivity index (χ0n) is 12.7. The minimum Gasteiger partial charge on any atom is -0.467 e. The van der Waals surface area contributed by atoms with E-state index < -0.39 is 23.9 Å². The molecule has 0 unspecified atom stereocenters. The number of amides is 1. The lowest BCUT2D eigenvalue weighted by Gasteiger charge is -2.17. The highest BCUT2D eigenvalue weighted by atomic mass is 19.4. The van der Waals surface area contributed by atoms with Crippen LogP contribution in [0.3, 0.4) is 0 Å². The van der Waals surface area contributed by atoms with E-state index >= 15 is 0 Å². The maximum absolute atomic E-state index is 12.5. The molecule has 0 saturated carbocycles. The van der Waals surface area contributed by atoms with E-state index in [0.717, 1.165) is 18.0 Å². The first-order chi connectivity index (χ1) is 11.9. The minimum atomic E-state index is -4.66. The van der Waals surface area contributed by atoms with Crippen LogP contribution in [0.25, 0.3) is 0 Å². The molecule has 2 heterocycles. The van der Waals surface area contributed by atoms with Gasteiger partial charge < -0.3 is 9.73 Å². The number of alkyl halides is 3. The third-order valence-electron chi connectivity index (χ3n) is 3.40. The molecule has 0 aliphatic carbocycles. The van der Waals surface area contributed by atoms with Gasteiger partial charge in [-0.05, 0) is 17.7 Å². The first-order valence-electron chi connectivity index (χ1n) is 7.23. The van der Waals surface area contributed by atoms with E-state index in [-0.39, 0.29) is 5.56 Å². The first-order valence-corrected chi connectivity index (χ1v) is 7.23. The largest absolute Gasteiger partial charge is 0.467 e. The summed E-state index contributed by atoms with van der Waals surface area (Å²) in [5, 5.41) is 2.72. The van der Waals surface area contributed by atoms with Crippen molar-refractivity contribution in [2.24, 2.45) is 0 Å². The molecule has 0 bridgehead atoms. The van der Waals surface area contributed by atoms with E-state index in [1.165, 1.54) is 6.26 Å². The third-order valence-corrected chi connectivity index (χ3v) is 3.40. The summed E-state index contributed by atoms with van der Waals surface area (Å²) in [6.07, 6.45) is -1.50. The molecule has 3 rings (SSSR count). The number of carbonyl (C=O) groups excluding carboxylic acids is 1. The van der Waals surface area contributed by atoms with Crippen molar-refractivity contribution in [3.05, 3.63) is 83.8 Å². The smallest absolute Gasteiger partial charge is 0.451 e. The van der Waals surface area contributed by atoms with Gasteiger partial charge in [-0.2, -0.15) is 13.2 Å². The van der Waals surface area contributed by atoms with Crippen LogP contribution >= 0.6 is 0 Å². The van der Waals surface area contributed by atoms with Crippen LogP contribution in [0.15, 0.2) is 65.5 Å². The van der Waals surface area contributed by atoms with Gasteiger partial charge in [-0.1, -0.05) is 30.3 Å². The van der Waals surface area contributed by atoms with Gasteiger partial charge in [0.25, 0.3) is 5.91 Å². The number of rotatable bonds is 4. The van der Waals surface area contributed by atoms with Crippen molar-refractivity contribution in [1.82, 2.24) is 15.3 Å². The molecule has 128 valence electrons. The molecular weight excluding hydrogens is 335 g/mol. The summed E-state index contributed by atoms with van der Waals surface area (Å²) in [6, 6.07) is 11.8. The van der Waals surface area contributed by atoms with Crippen LogP contribution in [0.5, 0.6) is 0 Å². The molecule has 0 aliphatic rings. The highest BCUT2D eigenvalue weighted by molar-refractivity contribution is 5.94. The van der Waals surface area contributed by atoms with Crippen LogP contribution in [0.2, 0.25) is 0 Å². The van der Waals surface area contributed by atoms with Gasteiger partial charge in [0.2, 0.25) is 5.82 Å². The number of nitrogens with zero attached hydrogens (tertiary/aromatic N) is 2. The van der Waals surface area contributed by atoms with E-state index in [9.17, 15) is 18.0 Å². The van der Waals surface area contributed by atoms with E-state index in [4.69, 9.17) is 4.42 Å². The molecule has 0 saturated heterocycles. The number of aromatic nitrogens is 2. The molecule has 1 N–H and O–H groups in total. The number of carbonyl (C=O) groups is 1. The van der Waals surface area contributed by atoms with Crippen LogP contribution in [-0.2, 0) is 6.18 Å². The zero-order chi connectivity index (χ0) is 17.9. The normalized spacial score (nSPS) is 12.6. The topological polar surface area (TPSA) is 68.0 Å². The lowest BCUT2D eigenvalue weighted by Crippen LogP contribution is -2.29. The number of benzene rings is 1. The molecule has 8 heteroatoms. The molecule has 1 atom stereocenters. The monoisotopic (exact) mass is 347 g/mol. The highest BCUT2D eigenvalue weighted by Crippen LogP contribution is 2.26. The Bertz CT molecular complexity index is 832. The number of hydrogen-bond donors (Lipinski definition) is 1. The van der Waals surface area contributed by atoms with Crippen molar-refractivity contribution in [2.75, 3.05) is 0 Å². The summed E-state index contributed by atoms with van der Waals surface area (Å²) in [4.78, 5) is 18.8. The fourth-order valence-electron chi connectivity index (χ4n) is 2.23. The summed E-state index contributed by atoms with van der Waals surface area (Å²) in [6.45, 7) is 0. The Kier molecular flexibility index (Phi) is 4.51. The average Bonchev–Trinajstić information content (AvgIpc) is 3.14. The minimum absolute atomic E-state index is 0.0829. The predicted molar refractivity (Wildman–Crippen MR) is 81.5 cm³/mol. The van der Waals surface area contributed by atoms with Crippen LogP contribution in [0, 0.1) is 0 Å². The van der Waals surface area contributed by atoms with Gasteiger partial charge in [-0.25, -0.2) is 9.97 Å². The van der Waals surface area contributed by atoms with E-state index in [1.807, 2.05) is 6.07 Å². The Morgan fingerprint density at radius 2 is 1.72 bits per heavy atom. The molecule has 0 aliphatic heterocycles. The standard InChI is InChI=1S/C17H12F3N3O2/c18-17(19,20)16-21-9-12(10-22-16)15(24)23-14(13-7-4-8-25-13)11-5-2-1-3-6-11/h1-10,14H,(H,23,24)/t14-/m1/s1. The second-order valence-electron chi connectivity index (χ2n) is 5.13. The first kappa shape index (κ1) is 16.7. The van der Waals surface area contributed by atoms with E-state index in [2.05, 4.69) is 15.3 Å². The van der Waals surface area contributed by atoms with Crippen molar-refractivity contribution in [3.8, 4) is 0 Å². The third kappa shape index (κ3) is 3.85. The summed E-state index contributed by atoms with van der Waals surface area (Å²) in [5.41, 5.74) is 0.680. The molecule has 0 spiro atoms. The van der Waals surface area contributed by atoms with E-state index in [0.29, 0.717) is 5.76 Å². The fraction of sp³-hybridized carbons (Fsp3) is 0.118. The summed E-state index contributed by atoms with van der Waals surface area (Å²) >= 11 is 0. The van der Waals surface area contributed by atoms with Crippen LogP contribution < -0.4 is 5.32 Å². The lowest BCUT2D eigenvalue weighted by molar-refractivity contribution is -0.145. The van der Waals surface area contributed by atoms with Crippen molar-refractivity contribution >= 4 is 5.91 Å². The van der Waals surface area contributed by atoms with Gasteiger partial charge in [0, 0.05) is 12.4 Å². The number of nitrogens with one attached hydrogen (secondary N) is 1. The second kappa shape index (κ2) is 6.76. The molecule has 2 aromatic heterocycles. The molecule has 0 radical (unpaired) electrons. The molecule has 1 aromatic carbocycles. The maximum atomic E-state index is 12.5. The molecule has 3 aromatic rings. The number of furan rings is 1. The molecule has 25 heavy (non-hydrogen) atoms. The SMILES string of the molecule is O=C(N[C@H](c1ccccc1)c1ccco1)c1cnc(C(F)(F)F)nc1. The van der Waals surface area contributed by atoms with Crippen molar-refractivity contribution < 1.29 is 22.4 Å². The van der Waals surface area contributed by atoms with Gasteiger partial charge in [0.15, 0.2) is 0 Å².